The Hall–Kier alpha value is -1.73. The van der Waals surface area contributed by atoms with Crippen molar-refractivity contribution >= 4 is 23.6 Å². The van der Waals surface area contributed by atoms with Gasteiger partial charge in [0.05, 0.1) is 19.0 Å². The number of phenols is 1. The predicted molar refractivity (Wildman–Crippen MR) is 79.7 cm³/mol. The van der Waals surface area contributed by atoms with E-state index >= 15 is 0 Å². The molecule has 114 valence electrons. The SMILES string of the molecule is COC(=O)CCC(SCN)N1Cc2c(O)cccc2C1=O. The molecule has 0 bridgehead atoms. The maximum Gasteiger partial charge on any atom is 0.305 e. The van der Waals surface area contributed by atoms with Crippen molar-refractivity contribution in [3.63, 3.8) is 0 Å². The Kier molecular flexibility index (Phi) is 5.08. The number of carbonyl (C=O) groups excluding carboxylic acids is 2. The average Bonchev–Trinajstić information content (AvgIpc) is 2.82. The van der Waals surface area contributed by atoms with Crippen LogP contribution in [0.1, 0.15) is 28.8 Å². The molecular weight excluding hydrogens is 292 g/mol. The number of nitrogens with two attached hydrogens (primary N) is 1. The van der Waals surface area contributed by atoms with Crippen molar-refractivity contribution in [2.45, 2.75) is 24.8 Å². The van der Waals surface area contributed by atoms with Gasteiger partial charge in [0.25, 0.3) is 5.91 Å². The van der Waals surface area contributed by atoms with Crippen molar-refractivity contribution in [1.29, 1.82) is 0 Å². The molecule has 1 aromatic rings. The highest BCUT2D eigenvalue weighted by Gasteiger charge is 2.34. The van der Waals surface area contributed by atoms with E-state index in [9.17, 15) is 14.7 Å². The molecule has 7 heteroatoms. The maximum absolute atomic E-state index is 12.4. The van der Waals surface area contributed by atoms with E-state index in [0.29, 0.717) is 30.0 Å². The van der Waals surface area contributed by atoms with Crippen LogP contribution in [0, 0.1) is 0 Å². The molecule has 2 rings (SSSR count). The van der Waals surface area contributed by atoms with E-state index < -0.39 is 0 Å². The van der Waals surface area contributed by atoms with Crippen molar-refractivity contribution in [3.05, 3.63) is 29.3 Å². The molecule has 1 amide bonds. The van der Waals surface area contributed by atoms with Crippen LogP contribution in [0.25, 0.3) is 0 Å². The number of fused-ring (bicyclic) bond motifs is 1. The number of amides is 1. The number of hydrogen-bond donors (Lipinski definition) is 2. The van der Waals surface area contributed by atoms with Gasteiger partial charge in [-0.15, -0.1) is 11.8 Å². The van der Waals surface area contributed by atoms with Crippen LogP contribution in [0.15, 0.2) is 18.2 Å². The van der Waals surface area contributed by atoms with Gasteiger partial charge in [-0.3, -0.25) is 9.59 Å². The number of thioether (sulfide) groups is 1. The number of aromatic hydroxyl groups is 1. The molecule has 1 heterocycles. The molecule has 1 aliphatic heterocycles. The second-order valence-corrected chi connectivity index (χ2v) is 5.85. The number of esters is 1. The summed E-state index contributed by atoms with van der Waals surface area (Å²) in [7, 11) is 1.34. The van der Waals surface area contributed by atoms with E-state index in [1.807, 2.05) is 0 Å². The zero-order valence-electron chi connectivity index (χ0n) is 11.7. The van der Waals surface area contributed by atoms with Crippen LogP contribution < -0.4 is 5.73 Å². The normalized spacial score (nSPS) is 15.0. The topological polar surface area (TPSA) is 92.9 Å². The zero-order valence-corrected chi connectivity index (χ0v) is 12.6. The summed E-state index contributed by atoms with van der Waals surface area (Å²) in [5.41, 5.74) is 6.71. The van der Waals surface area contributed by atoms with Gasteiger partial charge in [0.2, 0.25) is 0 Å². The summed E-state index contributed by atoms with van der Waals surface area (Å²) in [6.07, 6.45) is 0.690. The van der Waals surface area contributed by atoms with Crippen LogP contribution in [0.5, 0.6) is 5.75 Å². The van der Waals surface area contributed by atoms with Crippen LogP contribution in [0.4, 0.5) is 0 Å². The Balaban J connectivity index is 2.14. The number of nitrogens with zero attached hydrogens (tertiary/aromatic N) is 1. The van der Waals surface area contributed by atoms with Crippen LogP contribution in [0.3, 0.4) is 0 Å². The lowest BCUT2D eigenvalue weighted by Gasteiger charge is -2.26. The quantitative estimate of drug-likeness (QED) is 0.607. The number of benzene rings is 1. The van der Waals surface area contributed by atoms with Gasteiger partial charge in [-0.05, 0) is 18.6 Å². The lowest BCUT2D eigenvalue weighted by Crippen LogP contribution is -2.34. The zero-order chi connectivity index (χ0) is 15.4. The minimum absolute atomic E-state index is 0.118. The summed E-state index contributed by atoms with van der Waals surface area (Å²) in [5.74, 6) is 0.00645. The van der Waals surface area contributed by atoms with E-state index in [2.05, 4.69) is 4.74 Å². The van der Waals surface area contributed by atoms with E-state index in [4.69, 9.17) is 5.73 Å². The molecule has 6 nitrogen and oxygen atoms in total. The van der Waals surface area contributed by atoms with Gasteiger partial charge in [-0.2, -0.15) is 0 Å². The summed E-state index contributed by atoms with van der Waals surface area (Å²) >= 11 is 1.40. The highest BCUT2D eigenvalue weighted by atomic mass is 32.2. The van der Waals surface area contributed by atoms with Gasteiger partial charge in [0.15, 0.2) is 0 Å². The molecule has 1 atom stereocenters. The van der Waals surface area contributed by atoms with Crippen molar-refractivity contribution in [2.75, 3.05) is 13.0 Å². The first-order chi connectivity index (χ1) is 10.1. The van der Waals surface area contributed by atoms with Crippen molar-refractivity contribution < 1.29 is 19.4 Å². The smallest absolute Gasteiger partial charge is 0.305 e. The Morgan fingerprint density at radius 1 is 1.57 bits per heavy atom. The molecule has 0 saturated carbocycles. The molecule has 1 aromatic carbocycles. The minimum Gasteiger partial charge on any atom is -0.508 e. The standard InChI is InChI=1S/C14H18N2O4S/c1-20-13(18)6-5-12(21-8-15)16-7-10-9(14(16)19)3-2-4-11(10)17/h2-4,12,17H,5-8,15H2,1H3. The van der Waals surface area contributed by atoms with Gasteiger partial charge >= 0.3 is 5.97 Å². The first-order valence-corrected chi connectivity index (χ1v) is 7.63. The first kappa shape index (κ1) is 15.7. The highest BCUT2D eigenvalue weighted by Crippen LogP contribution is 2.34. The highest BCUT2D eigenvalue weighted by molar-refractivity contribution is 7.99. The van der Waals surface area contributed by atoms with Gasteiger partial charge in [0.1, 0.15) is 5.75 Å². The summed E-state index contributed by atoms with van der Waals surface area (Å²) in [6, 6.07) is 4.91. The third-order valence-electron chi connectivity index (χ3n) is 3.43. The number of carbonyl (C=O) groups is 2. The summed E-state index contributed by atoms with van der Waals surface area (Å²) in [5, 5.41) is 9.64. The van der Waals surface area contributed by atoms with Gasteiger partial charge in [-0.1, -0.05) is 6.07 Å². The van der Waals surface area contributed by atoms with E-state index in [1.54, 1.807) is 23.1 Å². The molecule has 1 unspecified atom stereocenters. The monoisotopic (exact) mass is 310 g/mol. The molecule has 0 spiro atoms. The van der Waals surface area contributed by atoms with Crippen molar-refractivity contribution in [2.24, 2.45) is 5.73 Å². The van der Waals surface area contributed by atoms with Gasteiger partial charge in [-0.25, -0.2) is 0 Å². The molecular formula is C14H18N2O4S. The summed E-state index contributed by atoms with van der Waals surface area (Å²) in [6.45, 7) is 0.333. The fourth-order valence-electron chi connectivity index (χ4n) is 2.35. The molecule has 0 radical (unpaired) electrons. The van der Waals surface area contributed by atoms with E-state index in [0.717, 1.165) is 0 Å². The third kappa shape index (κ3) is 3.30. The van der Waals surface area contributed by atoms with Crippen LogP contribution >= 0.6 is 11.8 Å². The third-order valence-corrected chi connectivity index (χ3v) is 4.50. The average molecular weight is 310 g/mol. The molecule has 0 fully saturated rings. The number of phenolic OH excluding ortho intramolecular Hbond substituents is 1. The van der Waals surface area contributed by atoms with Crippen LogP contribution in [0.2, 0.25) is 0 Å². The molecule has 0 aromatic heterocycles. The van der Waals surface area contributed by atoms with Crippen LogP contribution in [-0.4, -0.2) is 40.2 Å². The van der Waals surface area contributed by atoms with Crippen molar-refractivity contribution in [3.8, 4) is 5.75 Å². The lowest BCUT2D eigenvalue weighted by atomic mass is 10.1. The maximum atomic E-state index is 12.4. The molecule has 3 N–H and O–H groups in total. The summed E-state index contributed by atoms with van der Waals surface area (Å²) < 4.78 is 4.63. The Labute approximate surface area is 127 Å². The number of hydrogen-bond acceptors (Lipinski definition) is 6. The fourth-order valence-corrected chi connectivity index (χ4v) is 3.21. The Morgan fingerprint density at radius 2 is 2.33 bits per heavy atom. The number of rotatable bonds is 6. The fraction of sp³-hybridized carbons (Fsp3) is 0.429. The Morgan fingerprint density at radius 3 is 2.95 bits per heavy atom. The van der Waals surface area contributed by atoms with Gasteiger partial charge in [0, 0.05) is 23.4 Å². The first-order valence-electron chi connectivity index (χ1n) is 6.58. The minimum atomic E-state index is -0.315. The number of methoxy groups -OCH3 is 1. The van der Waals surface area contributed by atoms with Crippen LogP contribution in [-0.2, 0) is 16.1 Å². The molecule has 21 heavy (non-hydrogen) atoms. The van der Waals surface area contributed by atoms with E-state index in [-0.39, 0.29) is 29.4 Å². The molecule has 0 saturated heterocycles. The van der Waals surface area contributed by atoms with Crippen molar-refractivity contribution in [1.82, 2.24) is 4.90 Å². The second-order valence-electron chi connectivity index (χ2n) is 4.64. The molecule has 1 aliphatic rings. The predicted octanol–water partition coefficient (Wildman–Crippen LogP) is 1.28. The Bertz CT molecular complexity index is 550. The number of ether oxygens (including phenoxy) is 1. The van der Waals surface area contributed by atoms with Gasteiger partial charge < -0.3 is 20.5 Å². The molecule has 0 aliphatic carbocycles. The summed E-state index contributed by atoms with van der Waals surface area (Å²) in [4.78, 5) is 25.4. The van der Waals surface area contributed by atoms with E-state index in [1.165, 1.54) is 18.9 Å². The largest absolute Gasteiger partial charge is 0.508 e. The second kappa shape index (κ2) is 6.82. The lowest BCUT2D eigenvalue weighted by molar-refractivity contribution is -0.140.